The Kier molecular flexibility index (Phi) is 5.49. The minimum Gasteiger partial charge on any atom is -0.456 e. The Morgan fingerprint density at radius 1 is 0.362 bits per heavy atom. The molecule has 0 amide bonds. The minimum absolute atomic E-state index is 0.155. The largest absolute Gasteiger partial charge is 0.456 e. The van der Waals surface area contributed by atoms with Crippen LogP contribution in [0.5, 0.6) is 0 Å². The molecule has 0 aliphatic carbocycles. The van der Waals surface area contributed by atoms with E-state index in [2.05, 4.69) is 124 Å². The second kappa shape index (κ2) is 11.8. The summed E-state index contributed by atoms with van der Waals surface area (Å²) in [4.78, 5) is 0. The van der Waals surface area contributed by atoms with Gasteiger partial charge in [0.05, 0.1) is 40.0 Å². The fraction of sp³-hybridized carbons (Fsp3) is 0. The molecule has 0 unspecified atom stereocenters. The summed E-state index contributed by atoms with van der Waals surface area (Å²) in [6.45, 7) is 0. The molecule has 13 rings (SSSR count). The van der Waals surface area contributed by atoms with Crippen molar-refractivity contribution in [3.8, 4) is 33.6 Å². The number of benzene rings is 9. The van der Waals surface area contributed by atoms with Crippen LogP contribution in [0.2, 0.25) is 0 Å². The van der Waals surface area contributed by atoms with Gasteiger partial charge in [-0.15, -0.1) is 0 Å². The monoisotopic (exact) mass is 745 g/mol. The van der Waals surface area contributed by atoms with Crippen LogP contribution >= 0.6 is 0 Å². The molecule has 0 N–H and O–H groups in total. The molecule has 0 aliphatic rings. The Morgan fingerprint density at radius 2 is 0.931 bits per heavy atom. The zero-order valence-corrected chi connectivity index (χ0v) is 30.8. The third-order valence-electron chi connectivity index (χ3n) is 11.8. The van der Waals surface area contributed by atoms with Crippen molar-refractivity contribution < 1.29 is 15.7 Å². The normalized spacial score (nSPS) is 13.3. The number of hydrogen-bond donors (Lipinski definition) is 0. The van der Waals surface area contributed by atoms with Gasteiger partial charge in [-0.1, -0.05) is 115 Å². The van der Waals surface area contributed by atoms with Gasteiger partial charge in [0.1, 0.15) is 22.3 Å². The molecule has 0 fully saturated rings. The van der Waals surface area contributed by atoms with Crippen LogP contribution in [0.25, 0.3) is 121 Å². The van der Waals surface area contributed by atoms with Gasteiger partial charge < -0.3 is 18.0 Å². The standard InChI is InChI=1S/C54H32N2O2/c1-2-12-33(13-3-1)37-17-10-22-50-53(37)41-27-26-36(32-52(41)58-50)55-44-18-7-4-14-38(44)42-30-34(24-28-46(42)55)35-25-29-47-43(31-35)39-15-5-8-19-45(39)56(47)48-20-11-23-51-54(48)40-16-6-9-21-49(40)57-51/h1-32H/i1D,2D,3D,12D,13D. The quantitative estimate of drug-likeness (QED) is 0.180. The molecule has 0 spiro atoms. The van der Waals surface area contributed by atoms with Crippen LogP contribution < -0.4 is 0 Å². The first kappa shape index (κ1) is 26.9. The number of aromatic nitrogens is 2. The van der Waals surface area contributed by atoms with Crippen molar-refractivity contribution in [3.05, 3.63) is 194 Å². The van der Waals surface area contributed by atoms with Crippen molar-refractivity contribution >= 4 is 87.5 Å². The Morgan fingerprint density at radius 3 is 1.69 bits per heavy atom. The Hall–Kier alpha value is -7.82. The highest BCUT2D eigenvalue weighted by molar-refractivity contribution is 6.16. The number of para-hydroxylation sites is 3. The summed E-state index contributed by atoms with van der Waals surface area (Å²) in [5.41, 5.74) is 12.2. The molecule has 0 aliphatic heterocycles. The molecule has 4 nitrogen and oxygen atoms in total. The number of rotatable bonds is 4. The molecule has 4 heterocycles. The van der Waals surface area contributed by atoms with Crippen LogP contribution in [0.15, 0.2) is 203 Å². The molecule has 4 heteroatoms. The van der Waals surface area contributed by atoms with Gasteiger partial charge >= 0.3 is 0 Å². The topological polar surface area (TPSA) is 36.1 Å². The highest BCUT2D eigenvalue weighted by Gasteiger charge is 2.20. The first-order chi connectivity index (χ1) is 30.8. The number of nitrogens with zero attached hydrogens (tertiary/aromatic N) is 2. The van der Waals surface area contributed by atoms with E-state index in [9.17, 15) is 0 Å². The molecule has 0 saturated heterocycles. The van der Waals surface area contributed by atoms with Gasteiger partial charge in [-0.3, -0.25) is 0 Å². The summed E-state index contributed by atoms with van der Waals surface area (Å²) in [5.74, 6) is 0. The summed E-state index contributed by atoms with van der Waals surface area (Å²) in [6.07, 6.45) is 0. The zero-order valence-electron chi connectivity index (χ0n) is 35.8. The van der Waals surface area contributed by atoms with E-state index in [0.29, 0.717) is 22.1 Å². The highest BCUT2D eigenvalue weighted by atomic mass is 16.3. The van der Waals surface area contributed by atoms with E-state index in [1.54, 1.807) is 12.1 Å². The predicted molar refractivity (Wildman–Crippen MR) is 241 cm³/mol. The van der Waals surface area contributed by atoms with Crippen molar-refractivity contribution in [3.63, 3.8) is 0 Å². The van der Waals surface area contributed by atoms with Gasteiger partial charge in [-0.25, -0.2) is 0 Å². The van der Waals surface area contributed by atoms with Crippen LogP contribution in [0.3, 0.4) is 0 Å². The lowest BCUT2D eigenvalue weighted by Crippen LogP contribution is -1.94. The zero-order chi connectivity index (χ0) is 42.2. The first-order valence-corrected chi connectivity index (χ1v) is 19.3. The van der Waals surface area contributed by atoms with Gasteiger partial charge in [0.2, 0.25) is 0 Å². The van der Waals surface area contributed by atoms with E-state index in [0.717, 1.165) is 82.7 Å². The van der Waals surface area contributed by atoms with Crippen molar-refractivity contribution in [2.45, 2.75) is 0 Å². The van der Waals surface area contributed by atoms with E-state index in [1.807, 2.05) is 36.4 Å². The molecular formula is C54H32N2O2. The molecular weight excluding hydrogens is 709 g/mol. The third-order valence-corrected chi connectivity index (χ3v) is 11.8. The molecule has 9 aromatic carbocycles. The molecule has 0 saturated carbocycles. The van der Waals surface area contributed by atoms with E-state index in [1.165, 1.54) is 10.8 Å². The summed E-state index contributed by atoms with van der Waals surface area (Å²) in [7, 11) is 0. The predicted octanol–water partition coefficient (Wildman–Crippen LogP) is 15.0. The van der Waals surface area contributed by atoms with Crippen molar-refractivity contribution in [1.82, 2.24) is 9.13 Å². The first-order valence-electron chi connectivity index (χ1n) is 21.8. The van der Waals surface area contributed by atoms with Crippen LogP contribution in [0, 0.1) is 0 Å². The molecule has 13 aromatic rings. The molecule has 270 valence electrons. The average Bonchev–Trinajstić information content (AvgIpc) is 4.07. The molecule has 4 aromatic heterocycles. The van der Waals surface area contributed by atoms with Crippen molar-refractivity contribution in [2.75, 3.05) is 0 Å². The molecule has 0 bridgehead atoms. The summed E-state index contributed by atoms with van der Waals surface area (Å²) in [6, 6.07) is 54.9. The van der Waals surface area contributed by atoms with Crippen LogP contribution in [-0.4, -0.2) is 9.13 Å². The molecule has 0 radical (unpaired) electrons. The lowest BCUT2D eigenvalue weighted by molar-refractivity contribution is 0.668. The van der Waals surface area contributed by atoms with E-state index < -0.39 is 6.04 Å². The van der Waals surface area contributed by atoms with Gasteiger partial charge in [0, 0.05) is 49.5 Å². The van der Waals surface area contributed by atoms with Crippen LogP contribution in [0.4, 0.5) is 0 Å². The van der Waals surface area contributed by atoms with Crippen LogP contribution in [0.1, 0.15) is 6.85 Å². The van der Waals surface area contributed by atoms with E-state index in [-0.39, 0.29) is 29.7 Å². The fourth-order valence-electron chi connectivity index (χ4n) is 9.33. The van der Waals surface area contributed by atoms with Crippen molar-refractivity contribution in [2.24, 2.45) is 0 Å². The number of furan rings is 2. The SMILES string of the molecule is [2H]c1c([2H])c([2H])c(-c2cccc3oc4cc(-n5c6ccccc6c6cc(-c7ccc8c(c7)c7ccccc7n8-c7cccc8oc9ccccc9c78)ccc65)ccc4c23)c([2H])c1[2H]. The summed E-state index contributed by atoms with van der Waals surface area (Å²) < 4.78 is 59.5. The van der Waals surface area contributed by atoms with Crippen LogP contribution in [-0.2, 0) is 0 Å². The number of hydrogen-bond acceptors (Lipinski definition) is 2. The Balaban J connectivity index is 0.961. The van der Waals surface area contributed by atoms with Gasteiger partial charge in [0.25, 0.3) is 0 Å². The molecule has 58 heavy (non-hydrogen) atoms. The van der Waals surface area contributed by atoms with Gasteiger partial charge in [-0.2, -0.15) is 0 Å². The van der Waals surface area contributed by atoms with E-state index >= 15 is 0 Å². The van der Waals surface area contributed by atoms with Gasteiger partial charge in [-0.05, 0) is 95.1 Å². The van der Waals surface area contributed by atoms with E-state index in [4.69, 9.17) is 15.7 Å². The lowest BCUT2D eigenvalue weighted by Gasteiger charge is -2.10. The fourth-order valence-corrected chi connectivity index (χ4v) is 9.33. The lowest BCUT2D eigenvalue weighted by atomic mass is 9.99. The maximum atomic E-state index is 8.69. The third kappa shape index (κ3) is 4.40. The molecule has 0 atom stereocenters. The maximum absolute atomic E-state index is 8.69. The minimum atomic E-state index is -0.417. The smallest absolute Gasteiger partial charge is 0.137 e. The van der Waals surface area contributed by atoms with Crippen molar-refractivity contribution in [1.29, 1.82) is 0 Å². The maximum Gasteiger partial charge on any atom is 0.137 e. The second-order valence-corrected chi connectivity index (χ2v) is 14.9. The Labute approximate surface area is 339 Å². The summed E-state index contributed by atoms with van der Waals surface area (Å²) in [5, 5.41) is 8.29. The van der Waals surface area contributed by atoms with Gasteiger partial charge in [0.15, 0.2) is 0 Å². The number of fused-ring (bicyclic) bond motifs is 12. The highest BCUT2D eigenvalue weighted by Crippen LogP contribution is 2.42. The average molecular weight is 746 g/mol. The Bertz CT molecular complexity index is 4090. The second-order valence-electron chi connectivity index (χ2n) is 14.9. The summed E-state index contributed by atoms with van der Waals surface area (Å²) >= 11 is 0.